The third-order valence-electron chi connectivity index (χ3n) is 7.80. The van der Waals surface area contributed by atoms with E-state index in [4.69, 9.17) is 9.72 Å². The van der Waals surface area contributed by atoms with Crippen LogP contribution >= 0.6 is 22.6 Å². The van der Waals surface area contributed by atoms with Crippen molar-refractivity contribution in [1.29, 1.82) is 0 Å². The van der Waals surface area contributed by atoms with Crippen LogP contribution in [0.2, 0.25) is 0 Å². The highest BCUT2D eigenvalue weighted by Gasteiger charge is 2.23. The molecule has 3 heterocycles. The van der Waals surface area contributed by atoms with Crippen molar-refractivity contribution in [3.8, 4) is 17.1 Å². The number of aromatic nitrogens is 4. The van der Waals surface area contributed by atoms with Gasteiger partial charge in [-0.25, -0.2) is 27.9 Å². The second-order valence-corrected chi connectivity index (χ2v) is 15.8. The van der Waals surface area contributed by atoms with Crippen LogP contribution in [-0.2, 0) is 23.6 Å². The van der Waals surface area contributed by atoms with E-state index >= 15 is 0 Å². The molecule has 5 aromatic rings. The molecule has 1 atom stereocenters. The normalized spacial score (nSPS) is 12.6. The topological polar surface area (TPSA) is 148 Å². The second-order valence-electron chi connectivity index (χ2n) is 13.0. The Morgan fingerprint density at radius 2 is 1.71 bits per heavy atom. The number of pyridine rings is 1. The fraction of sp³-hybridized carbons (Fsp3) is 0.314. The summed E-state index contributed by atoms with van der Waals surface area (Å²) in [6.07, 6.45) is 0.783. The van der Waals surface area contributed by atoms with Crippen molar-refractivity contribution in [1.82, 2.24) is 24.8 Å². The maximum absolute atomic E-state index is 13.4. The van der Waals surface area contributed by atoms with Crippen molar-refractivity contribution in [2.24, 2.45) is 12.5 Å². The molecule has 0 aliphatic carbocycles. The van der Waals surface area contributed by atoms with Gasteiger partial charge in [-0.05, 0) is 95.8 Å². The Hall–Kier alpha value is -4.08. The number of fused-ring (bicyclic) bond motifs is 1. The molecule has 0 aliphatic rings. The predicted molar refractivity (Wildman–Crippen MR) is 195 cm³/mol. The number of hydrogen-bond donors (Lipinski definition) is 3. The molecule has 0 spiro atoms. The first-order valence-electron chi connectivity index (χ1n) is 15.4. The van der Waals surface area contributed by atoms with Crippen LogP contribution in [0.25, 0.3) is 22.3 Å². The lowest BCUT2D eigenvalue weighted by Gasteiger charge is -2.27. The van der Waals surface area contributed by atoms with Crippen LogP contribution in [0.15, 0.2) is 71.6 Å². The molecule has 0 saturated carbocycles. The third kappa shape index (κ3) is 8.49. The number of carboxylic acid groups (broad SMARTS) is 1. The summed E-state index contributed by atoms with van der Waals surface area (Å²) in [6, 6.07) is 18.8. The number of aryl methyl sites for hydroxylation is 3. The quantitative estimate of drug-likeness (QED) is 0.117. The first kappa shape index (κ1) is 35.2. The van der Waals surface area contributed by atoms with Gasteiger partial charge in [0.25, 0.3) is 10.0 Å². The summed E-state index contributed by atoms with van der Waals surface area (Å²) in [7, 11) is -2.23. The fourth-order valence-corrected chi connectivity index (χ4v) is 7.09. The molecule has 13 heteroatoms. The van der Waals surface area contributed by atoms with Crippen molar-refractivity contribution >= 4 is 55.6 Å². The Morgan fingerprint density at radius 3 is 2.40 bits per heavy atom. The van der Waals surface area contributed by atoms with Crippen LogP contribution in [0.1, 0.15) is 54.4 Å². The van der Waals surface area contributed by atoms with Crippen molar-refractivity contribution in [2.45, 2.75) is 58.5 Å². The number of sulfonamides is 1. The minimum atomic E-state index is -4.23. The summed E-state index contributed by atoms with van der Waals surface area (Å²) in [5.74, 6) is -1.24. The van der Waals surface area contributed by atoms with Crippen LogP contribution < -0.4 is 14.8 Å². The lowest BCUT2D eigenvalue weighted by molar-refractivity contribution is 0.0696. The molecule has 0 bridgehead atoms. The molecule has 252 valence electrons. The molecule has 3 aromatic heterocycles. The Kier molecular flexibility index (Phi) is 10.4. The van der Waals surface area contributed by atoms with Crippen LogP contribution in [0.4, 0.5) is 5.95 Å². The Morgan fingerprint density at radius 1 is 1.00 bits per heavy atom. The number of nitrogens with zero attached hydrogens (tertiary/aromatic N) is 4. The molecule has 0 aliphatic heterocycles. The average Bonchev–Trinajstić information content (AvgIpc) is 3.29. The van der Waals surface area contributed by atoms with E-state index in [0.717, 1.165) is 49.6 Å². The smallest absolute Gasteiger partial charge is 0.335 e. The average molecular weight is 783 g/mol. The van der Waals surface area contributed by atoms with E-state index in [1.165, 1.54) is 18.2 Å². The number of halogens is 1. The maximum Gasteiger partial charge on any atom is 0.335 e. The highest BCUT2D eigenvalue weighted by atomic mass is 127. The van der Waals surface area contributed by atoms with Crippen molar-refractivity contribution in [3.05, 3.63) is 92.8 Å². The zero-order valence-corrected chi connectivity index (χ0v) is 30.7. The van der Waals surface area contributed by atoms with Gasteiger partial charge in [0.05, 0.1) is 25.5 Å². The van der Waals surface area contributed by atoms with Crippen molar-refractivity contribution < 1.29 is 23.1 Å². The molecule has 0 unspecified atom stereocenters. The molecule has 0 saturated heterocycles. The van der Waals surface area contributed by atoms with E-state index < -0.39 is 16.0 Å². The van der Waals surface area contributed by atoms with Gasteiger partial charge in [0, 0.05) is 36.7 Å². The molecule has 11 nitrogen and oxygen atoms in total. The molecule has 0 fully saturated rings. The Bertz CT molecular complexity index is 2070. The van der Waals surface area contributed by atoms with Gasteiger partial charge in [0.15, 0.2) is 0 Å². The second kappa shape index (κ2) is 14.2. The van der Waals surface area contributed by atoms with E-state index in [-0.39, 0.29) is 40.4 Å². The van der Waals surface area contributed by atoms with Gasteiger partial charge in [0.2, 0.25) is 11.8 Å². The number of ether oxygens (including phenoxy) is 1. The van der Waals surface area contributed by atoms with Crippen LogP contribution in [0.5, 0.6) is 5.88 Å². The van der Waals surface area contributed by atoms with Gasteiger partial charge < -0.3 is 19.7 Å². The molecule has 48 heavy (non-hydrogen) atoms. The highest BCUT2D eigenvalue weighted by Crippen LogP contribution is 2.30. The minimum Gasteiger partial charge on any atom is -0.478 e. The molecule has 5 rings (SSSR count). The van der Waals surface area contributed by atoms with E-state index in [1.807, 2.05) is 45.2 Å². The molecule has 3 N–H and O–H groups in total. The lowest BCUT2D eigenvalue weighted by atomic mass is 9.88. The SMILES string of the molecule is Cc1cccc(C)c1-c1cc(OC[C@@H](CC(C)(C)C)NCc2ccc3cc(I)n(C)c3n2)nc(NS(=O)(=O)c2cccc(C(=O)O)c2)n1. The first-order valence-corrected chi connectivity index (χ1v) is 17.9. The Labute approximate surface area is 294 Å². The van der Waals surface area contributed by atoms with Gasteiger partial charge in [-0.15, -0.1) is 0 Å². The summed E-state index contributed by atoms with van der Waals surface area (Å²) in [5, 5.41) is 14.1. The minimum absolute atomic E-state index is 0.0208. The predicted octanol–water partition coefficient (Wildman–Crippen LogP) is 6.72. The number of benzene rings is 2. The zero-order chi connectivity index (χ0) is 34.8. The molecule has 0 amide bonds. The zero-order valence-electron chi connectivity index (χ0n) is 27.7. The van der Waals surface area contributed by atoms with E-state index in [9.17, 15) is 18.3 Å². The monoisotopic (exact) mass is 782 g/mol. The van der Waals surface area contributed by atoms with Crippen LogP contribution in [0, 0.1) is 23.0 Å². The van der Waals surface area contributed by atoms with Crippen LogP contribution in [0.3, 0.4) is 0 Å². The van der Waals surface area contributed by atoms with E-state index in [0.29, 0.717) is 12.2 Å². The van der Waals surface area contributed by atoms with E-state index in [1.54, 1.807) is 6.07 Å². The third-order valence-corrected chi connectivity index (χ3v) is 10.2. The number of anilines is 1. The molecular formula is C35H39IN6O5S. The summed E-state index contributed by atoms with van der Waals surface area (Å²) in [6.45, 7) is 11.2. The van der Waals surface area contributed by atoms with E-state index in [2.05, 4.69) is 80.1 Å². The summed E-state index contributed by atoms with van der Waals surface area (Å²) in [4.78, 5) is 25.1. The van der Waals surface area contributed by atoms with Crippen molar-refractivity contribution in [3.63, 3.8) is 0 Å². The van der Waals surface area contributed by atoms with Gasteiger partial charge in [-0.3, -0.25) is 0 Å². The lowest BCUT2D eigenvalue weighted by Crippen LogP contribution is -2.37. The Balaban J connectivity index is 1.43. The molecule has 2 aromatic carbocycles. The molecular weight excluding hydrogens is 743 g/mol. The number of aromatic carboxylic acids is 1. The standard InChI is InChI=1S/C35H39IN6O5S/c1-21-9-7-10-22(2)31(21)28-17-30(40-34(39-28)41-48(45,46)27-12-8-11-24(15-27)33(43)44)47-20-26(18-35(3,4)5)37-19-25-14-13-23-16-29(36)42(6)32(23)38-25/h7-17,26,37H,18-20H2,1-6H3,(H,43,44)(H,39,40,41)/t26-/m1/s1. The first-order chi connectivity index (χ1) is 22.6. The molecule has 0 radical (unpaired) electrons. The maximum atomic E-state index is 13.4. The highest BCUT2D eigenvalue weighted by molar-refractivity contribution is 14.1. The summed E-state index contributed by atoms with van der Waals surface area (Å²) < 4.78 is 38.7. The van der Waals surface area contributed by atoms with Crippen LogP contribution in [-0.4, -0.2) is 51.7 Å². The summed E-state index contributed by atoms with van der Waals surface area (Å²) >= 11 is 2.30. The van der Waals surface area contributed by atoms with Crippen molar-refractivity contribution in [2.75, 3.05) is 11.3 Å². The van der Waals surface area contributed by atoms with Gasteiger partial charge in [0.1, 0.15) is 12.3 Å². The number of rotatable bonds is 12. The fourth-order valence-electron chi connectivity index (χ4n) is 5.54. The number of hydrogen-bond acceptors (Lipinski definition) is 8. The van der Waals surface area contributed by atoms with Gasteiger partial charge in [-0.2, -0.15) is 4.98 Å². The number of nitrogens with one attached hydrogen (secondary N) is 2. The largest absolute Gasteiger partial charge is 0.478 e. The van der Waals surface area contributed by atoms with Gasteiger partial charge in [-0.1, -0.05) is 45.0 Å². The summed E-state index contributed by atoms with van der Waals surface area (Å²) in [5.41, 5.74) is 4.88. The number of carboxylic acids is 1. The van der Waals surface area contributed by atoms with Gasteiger partial charge >= 0.3 is 5.97 Å². The number of carbonyl (C=O) groups is 1.